The molecule has 0 spiro atoms. The molecule has 8 nitrogen and oxygen atoms in total. The molecule has 30 heavy (non-hydrogen) atoms. The normalized spacial score (nSPS) is 13.8. The average molecular weight is 431 g/mol. The van der Waals surface area contributed by atoms with Gasteiger partial charge in [-0.3, -0.25) is 19.7 Å². The van der Waals surface area contributed by atoms with Gasteiger partial charge in [-0.15, -0.1) is 0 Å². The largest absolute Gasteiger partial charge is 0.367 e. The number of rotatable bonds is 6. The van der Waals surface area contributed by atoms with Gasteiger partial charge in [-0.25, -0.2) is 0 Å². The highest BCUT2D eigenvalue weighted by Gasteiger charge is 2.23. The number of benzene rings is 2. The number of hydrogen-bond acceptors (Lipinski definition) is 5. The average Bonchev–Trinajstić information content (AvgIpc) is 2.74. The molecule has 3 rings (SSSR count). The Balaban J connectivity index is 1.67. The molecule has 2 amide bonds. The van der Waals surface area contributed by atoms with Crippen LogP contribution in [0.15, 0.2) is 42.5 Å². The molecule has 1 N–H and O–H groups in total. The summed E-state index contributed by atoms with van der Waals surface area (Å²) >= 11 is 6.44. The lowest BCUT2D eigenvalue weighted by Gasteiger charge is -2.36. The van der Waals surface area contributed by atoms with Gasteiger partial charge < -0.3 is 15.1 Å². The van der Waals surface area contributed by atoms with Crippen LogP contribution in [0, 0.1) is 10.1 Å². The van der Waals surface area contributed by atoms with Crippen molar-refractivity contribution in [3.05, 3.63) is 63.2 Å². The lowest BCUT2D eigenvalue weighted by Crippen LogP contribution is -2.48. The zero-order valence-corrected chi connectivity index (χ0v) is 17.4. The minimum Gasteiger partial charge on any atom is -0.367 e. The van der Waals surface area contributed by atoms with E-state index in [9.17, 15) is 19.7 Å². The summed E-state index contributed by atoms with van der Waals surface area (Å²) in [4.78, 5) is 39.0. The number of nitrogens with zero attached hydrogens (tertiary/aromatic N) is 3. The summed E-state index contributed by atoms with van der Waals surface area (Å²) in [5, 5.41) is 14.3. The van der Waals surface area contributed by atoms with Crippen LogP contribution >= 0.6 is 11.6 Å². The van der Waals surface area contributed by atoms with E-state index in [-0.39, 0.29) is 17.2 Å². The third-order valence-corrected chi connectivity index (χ3v) is 5.29. The highest BCUT2D eigenvalue weighted by molar-refractivity contribution is 6.33. The van der Waals surface area contributed by atoms with Gasteiger partial charge in [0.2, 0.25) is 5.91 Å². The van der Waals surface area contributed by atoms with Crippen LogP contribution in [0.2, 0.25) is 5.02 Å². The summed E-state index contributed by atoms with van der Waals surface area (Å²) < 4.78 is 0. The molecule has 1 fully saturated rings. The number of nitro groups is 1. The fourth-order valence-corrected chi connectivity index (χ4v) is 3.73. The highest BCUT2D eigenvalue weighted by Crippen LogP contribution is 2.30. The van der Waals surface area contributed by atoms with E-state index in [0.717, 1.165) is 12.1 Å². The van der Waals surface area contributed by atoms with Crippen LogP contribution in [-0.4, -0.2) is 47.8 Å². The monoisotopic (exact) mass is 430 g/mol. The fraction of sp³-hybridized carbons (Fsp3) is 0.333. The van der Waals surface area contributed by atoms with Gasteiger partial charge in [-0.2, -0.15) is 0 Å². The van der Waals surface area contributed by atoms with E-state index < -0.39 is 10.8 Å². The topological polar surface area (TPSA) is 95.8 Å². The number of para-hydroxylation sites is 1. The van der Waals surface area contributed by atoms with Crippen molar-refractivity contribution in [2.75, 3.05) is 36.4 Å². The van der Waals surface area contributed by atoms with Crippen LogP contribution in [0.3, 0.4) is 0 Å². The Morgan fingerprint density at radius 1 is 1.13 bits per heavy atom. The summed E-state index contributed by atoms with van der Waals surface area (Å²) in [6.07, 6.45) is 1.40. The van der Waals surface area contributed by atoms with Gasteiger partial charge >= 0.3 is 0 Å². The van der Waals surface area contributed by atoms with E-state index in [2.05, 4.69) is 10.2 Å². The minimum atomic E-state index is -0.587. The van der Waals surface area contributed by atoms with Crippen molar-refractivity contribution in [2.45, 2.75) is 19.8 Å². The lowest BCUT2D eigenvalue weighted by molar-refractivity contribution is -0.385. The standard InChI is InChI=1S/C21H23ClN4O4/c1-2-5-20(27)25-12-10-24(11-13-25)19-9-8-15(14-17(19)22)23-21(28)16-6-3-4-7-18(16)26(29)30/h3-4,6-9,14H,2,5,10-13H2,1H3,(H,23,28). The molecule has 0 aliphatic carbocycles. The van der Waals surface area contributed by atoms with E-state index in [1.54, 1.807) is 24.3 Å². The summed E-state index contributed by atoms with van der Waals surface area (Å²) in [5.74, 6) is -0.398. The highest BCUT2D eigenvalue weighted by atomic mass is 35.5. The predicted molar refractivity (Wildman–Crippen MR) is 116 cm³/mol. The van der Waals surface area contributed by atoms with Crippen molar-refractivity contribution >= 4 is 40.5 Å². The number of anilines is 2. The Labute approximate surface area is 179 Å². The van der Waals surface area contributed by atoms with Crippen molar-refractivity contribution in [2.24, 2.45) is 0 Å². The molecular weight excluding hydrogens is 408 g/mol. The molecular formula is C21H23ClN4O4. The van der Waals surface area contributed by atoms with Crippen molar-refractivity contribution in [3.63, 3.8) is 0 Å². The molecule has 9 heteroatoms. The van der Waals surface area contributed by atoms with E-state index in [1.165, 1.54) is 18.2 Å². The second kappa shape index (κ2) is 9.58. The lowest BCUT2D eigenvalue weighted by atomic mass is 10.1. The van der Waals surface area contributed by atoms with Gasteiger partial charge in [-0.1, -0.05) is 30.7 Å². The van der Waals surface area contributed by atoms with Gasteiger partial charge in [0.05, 0.1) is 15.6 Å². The van der Waals surface area contributed by atoms with Crippen LogP contribution in [0.25, 0.3) is 0 Å². The number of nitro benzene ring substituents is 1. The second-order valence-corrected chi connectivity index (χ2v) is 7.42. The third-order valence-electron chi connectivity index (χ3n) is 4.99. The molecule has 1 aliphatic heterocycles. The molecule has 0 atom stereocenters. The Morgan fingerprint density at radius 2 is 1.83 bits per heavy atom. The first-order valence-corrected chi connectivity index (χ1v) is 10.2. The Hall–Kier alpha value is -3.13. The molecule has 0 unspecified atom stereocenters. The van der Waals surface area contributed by atoms with E-state index >= 15 is 0 Å². The summed E-state index contributed by atoms with van der Waals surface area (Å²) in [5.41, 5.74) is 0.996. The van der Waals surface area contributed by atoms with Crippen LogP contribution < -0.4 is 10.2 Å². The number of carbonyl (C=O) groups excluding carboxylic acids is 2. The first-order valence-electron chi connectivity index (χ1n) is 9.77. The summed E-state index contributed by atoms with van der Waals surface area (Å²) in [7, 11) is 0. The van der Waals surface area contributed by atoms with Gasteiger partial charge in [0.15, 0.2) is 0 Å². The Kier molecular flexibility index (Phi) is 6.89. The van der Waals surface area contributed by atoms with E-state index in [1.807, 2.05) is 11.8 Å². The molecule has 0 saturated carbocycles. The predicted octanol–water partition coefficient (Wildman–Crippen LogP) is 3.95. The number of piperazine rings is 1. The van der Waals surface area contributed by atoms with Crippen LogP contribution in [0.1, 0.15) is 30.1 Å². The second-order valence-electron chi connectivity index (χ2n) is 7.01. The molecule has 2 aromatic rings. The van der Waals surface area contributed by atoms with Gasteiger partial charge in [0, 0.05) is 44.4 Å². The fourth-order valence-electron chi connectivity index (χ4n) is 3.43. The van der Waals surface area contributed by atoms with Crippen molar-refractivity contribution in [1.82, 2.24) is 4.90 Å². The SMILES string of the molecule is CCCC(=O)N1CCN(c2ccc(NC(=O)c3ccccc3[N+](=O)[O-])cc2Cl)CC1. The Bertz CT molecular complexity index is 958. The molecule has 0 aromatic heterocycles. The van der Waals surface area contributed by atoms with Crippen molar-refractivity contribution in [3.8, 4) is 0 Å². The maximum absolute atomic E-state index is 12.5. The molecule has 1 saturated heterocycles. The van der Waals surface area contributed by atoms with E-state index in [0.29, 0.717) is 43.3 Å². The summed E-state index contributed by atoms with van der Waals surface area (Å²) in [6.45, 7) is 4.63. The molecule has 2 aromatic carbocycles. The third kappa shape index (κ3) is 4.88. The number of carbonyl (C=O) groups is 2. The first kappa shape index (κ1) is 21.6. The molecule has 1 heterocycles. The molecule has 1 aliphatic rings. The Morgan fingerprint density at radius 3 is 2.47 bits per heavy atom. The van der Waals surface area contributed by atoms with Crippen LogP contribution in [-0.2, 0) is 4.79 Å². The minimum absolute atomic E-state index is 0.0180. The number of hydrogen-bond donors (Lipinski definition) is 1. The zero-order valence-electron chi connectivity index (χ0n) is 16.6. The van der Waals surface area contributed by atoms with Crippen molar-refractivity contribution in [1.29, 1.82) is 0 Å². The van der Waals surface area contributed by atoms with Crippen LogP contribution in [0.5, 0.6) is 0 Å². The first-order chi connectivity index (χ1) is 14.4. The number of nitrogens with one attached hydrogen (secondary N) is 1. The van der Waals surface area contributed by atoms with Gasteiger partial charge in [0.25, 0.3) is 11.6 Å². The zero-order chi connectivity index (χ0) is 21.7. The smallest absolute Gasteiger partial charge is 0.282 e. The molecule has 158 valence electrons. The number of amides is 2. The number of halogens is 1. The maximum Gasteiger partial charge on any atom is 0.282 e. The van der Waals surface area contributed by atoms with Crippen LogP contribution in [0.4, 0.5) is 17.1 Å². The quantitative estimate of drug-likeness (QED) is 0.553. The maximum atomic E-state index is 12.5. The van der Waals surface area contributed by atoms with Gasteiger partial charge in [0.1, 0.15) is 5.56 Å². The van der Waals surface area contributed by atoms with E-state index in [4.69, 9.17) is 11.6 Å². The van der Waals surface area contributed by atoms with Crippen molar-refractivity contribution < 1.29 is 14.5 Å². The molecule has 0 bridgehead atoms. The summed E-state index contributed by atoms with van der Waals surface area (Å²) in [6, 6.07) is 10.9. The molecule has 0 radical (unpaired) electrons. The van der Waals surface area contributed by atoms with Gasteiger partial charge in [-0.05, 0) is 30.7 Å².